The smallest absolute Gasteiger partial charge is 0.263 e. The maximum atomic E-state index is 12.2. The summed E-state index contributed by atoms with van der Waals surface area (Å²) in [7, 11) is -1.55. The van der Waals surface area contributed by atoms with Crippen LogP contribution in [0.15, 0.2) is 28.0 Å². The lowest BCUT2D eigenvalue weighted by Crippen LogP contribution is -2.28. The highest BCUT2D eigenvalue weighted by Crippen LogP contribution is 2.30. The molecule has 5 nitrogen and oxygen atoms in total. The van der Waals surface area contributed by atoms with Crippen LogP contribution in [0.2, 0.25) is 10.0 Å². The van der Waals surface area contributed by atoms with E-state index < -0.39 is 22.6 Å². The molecule has 3 N–H and O–H groups in total. The number of rotatable bonds is 3. The summed E-state index contributed by atoms with van der Waals surface area (Å²) in [6, 6.07) is 4.55. The van der Waals surface area contributed by atoms with Gasteiger partial charge in [0.2, 0.25) is 0 Å². The predicted octanol–water partition coefficient (Wildman–Crippen LogP) is 2.12. The van der Waals surface area contributed by atoms with Crippen molar-refractivity contribution in [1.29, 1.82) is 0 Å². The van der Waals surface area contributed by atoms with Gasteiger partial charge in [-0.2, -0.15) is 0 Å². The van der Waals surface area contributed by atoms with Crippen LogP contribution in [-0.4, -0.2) is 27.5 Å². The van der Waals surface area contributed by atoms with E-state index in [-0.39, 0.29) is 9.81 Å². The van der Waals surface area contributed by atoms with Crippen molar-refractivity contribution in [3.05, 3.63) is 38.1 Å². The van der Waals surface area contributed by atoms with Gasteiger partial charge in [0, 0.05) is 27.2 Å². The van der Waals surface area contributed by atoms with Gasteiger partial charge in [-0.15, -0.1) is 11.8 Å². The molecule has 1 unspecified atom stereocenters. The Hall–Kier alpha value is -1.02. The molecule has 0 radical (unpaired) electrons. The van der Waals surface area contributed by atoms with E-state index in [1.54, 1.807) is 0 Å². The van der Waals surface area contributed by atoms with Crippen LogP contribution in [-0.2, 0) is 20.4 Å². The molecule has 1 aromatic carbocycles. The summed E-state index contributed by atoms with van der Waals surface area (Å²) < 4.78 is 11.8. The third-order valence-electron chi connectivity index (χ3n) is 2.50. The van der Waals surface area contributed by atoms with Crippen molar-refractivity contribution in [1.82, 2.24) is 0 Å². The average molecular weight is 365 g/mol. The highest BCUT2D eigenvalue weighted by molar-refractivity contribution is 8.07. The number of benzene rings is 1. The van der Waals surface area contributed by atoms with Crippen LogP contribution in [0, 0.1) is 0 Å². The zero-order valence-electron chi connectivity index (χ0n) is 10.5. The van der Waals surface area contributed by atoms with E-state index in [1.165, 1.54) is 18.2 Å². The van der Waals surface area contributed by atoms with Gasteiger partial charge in [-0.25, -0.2) is 0 Å². The van der Waals surface area contributed by atoms with Crippen LogP contribution in [0.25, 0.3) is 0 Å². The van der Waals surface area contributed by atoms with Gasteiger partial charge in [0.05, 0.1) is 15.7 Å². The molecule has 1 heterocycles. The Morgan fingerprint density at radius 1 is 1.24 bits per heavy atom. The number of hydrogen-bond donors (Lipinski definition) is 2. The minimum atomic E-state index is -1.55. The summed E-state index contributed by atoms with van der Waals surface area (Å²) in [6.07, 6.45) is 0. The lowest BCUT2D eigenvalue weighted by atomic mass is 10.3. The molecule has 0 saturated heterocycles. The van der Waals surface area contributed by atoms with Gasteiger partial charge < -0.3 is 11.1 Å². The molecule has 0 bridgehead atoms. The molecule has 0 saturated carbocycles. The van der Waals surface area contributed by atoms with Gasteiger partial charge in [0.25, 0.3) is 11.8 Å². The molecule has 1 atom stereocenters. The number of hydrogen-bond acceptors (Lipinski definition) is 4. The molecule has 1 aromatic rings. The lowest BCUT2D eigenvalue weighted by molar-refractivity contribution is -0.115. The Morgan fingerprint density at radius 3 is 2.43 bits per heavy atom. The minimum Gasteiger partial charge on any atom is -0.365 e. The monoisotopic (exact) mass is 364 g/mol. The van der Waals surface area contributed by atoms with E-state index in [9.17, 15) is 13.8 Å². The first-order chi connectivity index (χ1) is 9.88. The average Bonchev–Trinajstić information content (AvgIpc) is 2.36. The largest absolute Gasteiger partial charge is 0.365 e. The molecule has 0 spiro atoms. The van der Waals surface area contributed by atoms with E-state index >= 15 is 0 Å². The second-order valence-corrected chi connectivity index (χ2v) is 7.52. The van der Waals surface area contributed by atoms with Gasteiger partial charge in [0.1, 0.15) is 4.91 Å². The third-order valence-corrected chi connectivity index (χ3v) is 5.85. The first kappa shape index (κ1) is 16.4. The fourth-order valence-corrected chi connectivity index (χ4v) is 4.96. The normalized spacial score (nSPS) is 18.5. The topological polar surface area (TPSA) is 89.3 Å². The van der Waals surface area contributed by atoms with Crippen molar-refractivity contribution in [2.75, 3.05) is 16.8 Å². The highest BCUT2D eigenvalue weighted by atomic mass is 35.5. The van der Waals surface area contributed by atoms with Crippen LogP contribution in [0.3, 0.4) is 0 Å². The molecular weight excluding hydrogens is 355 g/mol. The van der Waals surface area contributed by atoms with Crippen LogP contribution < -0.4 is 11.1 Å². The zero-order valence-corrected chi connectivity index (χ0v) is 13.7. The van der Waals surface area contributed by atoms with Gasteiger partial charge in [-0.05, 0) is 18.2 Å². The summed E-state index contributed by atoms with van der Waals surface area (Å²) in [6.45, 7) is 0. The van der Waals surface area contributed by atoms with Crippen LogP contribution in [0.4, 0.5) is 5.69 Å². The molecule has 21 heavy (non-hydrogen) atoms. The third kappa shape index (κ3) is 4.00. The number of amides is 2. The first-order valence-corrected chi connectivity index (χ1v) is 8.77. The molecule has 9 heteroatoms. The second kappa shape index (κ2) is 6.83. The fraction of sp³-hybridized carbons (Fsp3) is 0.167. The lowest BCUT2D eigenvalue weighted by Gasteiger charge is -2.17. The Bertz CT molecular complexity index is 656. The summed E-state index contributed by atoms with van der Waals surface area (Å²) in [5.41, 5.74) is 5.58. The summed E-state index contributed by atoms with van der Waals surface area (Å²) >= 11 is 12.8. The van der Waals surface area contributed by atoms with Crippen molar-refractivity contribution < 1.29 is 13.8 Å². The van der Waals surface area contributed by atoms with E-state index in [2.05, 4.69) is 5.32 Å². The van der Waals surface area contributed by atoms with Crippen molar-refractivity contribution >= 4 is 63.3 Å². The molecule has 1 aliphatic heterocycles. The van der Waals surface area contributed by atoms with Gasteiger partial charge in [0.15, 0.2) is 0 Å². The van der Waals surface area contributed by atoms with Crippen LogP contribution in [0.5, 0.6) is 0 Å². The van der Waals surface area contributed by atoms with Gasteiger partial charge in [-0.1, -0.05) is 23.2 Å². The van der Waals surface area contributed by atoms with Crippen molar-refractivity contribution in [2.24, 2.45) is 5.73 Å². The molecule has 0 aromatic heterocycles. The van der Waals surface area contributed by atoms with Gasteiger partial charge >= 0.3 is 0 Å². The number of nitrogens with one attached hydrogen (secondary N) is 1. The Kier molecular flexibility index (Phi) is 5.32. The van der Waals surface area contributed by atoms with Crippen LogP contribution in [0.1, 0.15) is 0 Å². The Balaban J connectivity index is 2.32. The number of carbonyl (C=O) groups excluding carboxylic acids is 2. The number of nitrogens with two attached hydrogens (primary N) is 1. The molecule has 2 rings (SSSR count). The Morgan fingerprint density at radius 2 is 1.86 bits per heavy atom. The van der Waals surface area contributed by atoms with Crippen LogP contribution >= 0.6 is 35.0 Å². The van der Waals surface area contributed by atoms with E-state index in [0.717, 1.165) is 11.8 Å². The highest BCUT2D eigenvalue weighted by Gasteiger charge is 2.28. The molecular formula is C12H10Cl2N2O3S2. The standard InChI is InChI=1S/C12H10Cl2N2O3S2/c13-6-3-7(14)5-8(4-6)16-12(18)9-10(11(15)17)21(19)2-1-20-9/h3-5H,1-2H2,(H2,15,17)(H,16,18). The molecule has 2 amide bonds. The van der Waals surface area contributed by atoms with Gasteiger partial charge in [-0.3, -0.25) is 13.8 Å². The van der Waals surface area contributed by atoms with Crippen molar-refractivity contribution in [3.63, 3.8) is 0 Å². The molecule has 0 fully saturated rings. The summed E-state index contributed by atoms with van der Waals surface area (Å²) in [5, 5.41) is 3.30. The zero-order chi connectivity index (χ0) is 15.6. The maximum absolute atomic E-state index is 12.2. The van der Waals surface area contributed by atoms with E-state index in [0.29, 0.717) is 27.2 Å². The predicted molar refractivity (Wildman–Crippen MR) is 86.8 cm³/mol. The Labute approximate surface area is 137 Å². The quantitative estimate of drug-likeness (QED) is 0.859. The second-order valence-electron chi connectivity index (χ2n) is 4.03. The van der Waals surface area contributed by atoms with E-state index in [4.69, 9.17) is 28.9 Å². The number of carbonyl (C=O) groups is 2. The van der Waals surface area contributed by atoms with E-state index in [1.807, 2.05) is 0 Å². The number of anilines is 1. The summed E-state index contributed by atoms with van der Waals surface area (Å²) in [5.74, 6) is -0.638. The SMILES string of the molecule is NC(=O)C1=C(C(=O)Nc2cc(Cl)cc(Cl)c2)SCCS1=O. The maximum Gasteiger partial charge on any atom is 0.263 e. The van der Waals surface area contributed by atoms with Crippen molar-refractivity contribution in [3.8, 4) is 0 Å². The van der Waals surface area contributed by atoms with Crippen molar-refractivity contribution in [2.45, 2.75) is 0 Å². The molecule has 112 valence electrons. The fourth-order valence-electron chi connectivity index (χ4n) is 1.70. The first-order valence-electron chi connectivity index (χ1n) is 5.71. The number of thioether (sulfide) groups is 1. The molecule has 1 aliphatic rings. The number of primary amides is 1. The molecule has 0 aliphatic carbocycles. The summed E-state index contributed by atoms with van der Waals surface area (Å²) in [4.78, 5) is 23.5. The minimum absolute atomic E-state index is 0.0724. The number of halogens is 2.